The molecule has 5 aromatic rings. The van der Waals surface area contributed by atoms with Crippen molar-refractivity contribution >= 4 is 47.7 Å². The molecule has 2 radical (unpaired) electrons. The Labute approximate surface area is 274 Å². The van der Waals surface area contributed by atoms with Gasteiger partial charge in [-0.25, -0.2) is 0 Å². The maximum atomic E-state index is 13.2. The monoisotopic (exact) mass is 736 g/mol. The van der Waals surface area contributed by atoms with Gasteiger partial charge in [0.05, 0.1) is 20.6 Å². The summed E-state index contributed by atoms with van der Waals surface area (Å²) in [6.07, 6.45) is -6.95. The van der Waals surface area contributed by atoms with E-state index in [1.807, 2.05) is 24.3 Å². The van der Waals surface area contributed by atoms with Gasteiger partial charge in [-0.05, 0) is 37.1 Å². The van der Waals surface area contributed by atoms with E-state index in [0.29, 0.717) is 16.5 Å². The van der Waals surface area contributed by atoms with Crippen LogP contribution in [0.15, 0.2) is 84.9 Å². The van der Waals surface area contributed by atoms with Crippen LogP contribution in [0.4, 0.5) is 26.3 Å². The average molecular weight is 739 g/mol. The van der Waals surface area contributed by atoms with Crippen LogP contribution in [0.1, 0.15) is 42.0 Å². The van der Waals surface area contributed by atoms with Crippen LogP contribution < -0.4 is 10.4 Å². The molecule has 0 atom stereocenters. The second-order valence-corrected chi connectivity index (χ2v) is 15.2. The van der Waals surface area contributed by atoms with Crippen LogP contribution in [0.2, 0.25) is 0 Å². The molecule has 0 unspecified atom stereocenters. The molecule has 44 heavy (non-hydrogen) atoms. The van der Waals surface area contributed by atoms with Crippen LogP contribution in [-0.2, 0) is 39.6 Å². The number of alkyl halides is 6. The third-order valence-electron chi connectivity index (χ3n) is 7.19. The van der Waals surface area contributed by atoms with Gasteiger partial charge in [-0.2, -0.15) is 61.9 Å². The number of hydrogen-bond acceptors (Lipinski definition) is 0. The van der Waals surface area contributed by atoms with Gasteiger partial charge in [0.25, 0.3) is 0 Å². The summed E-state index contributed by atoms with van der Waals surface area (Å²) in [4.78, 5) is 0. The van der Waals surface area contributed by atoms with Gasteiger partial charge >= 0.3 is 50.2 Å². The molecule has 0 N–H and O–H groups in total. The molecule has 226 valence electrons. The number of aryl methyl sites for hydroxylation is 2. The quantitative estimate of drug-likeness (QED) is 0.0960. The predicted molar refractivity (Wildman–Crippen MR) is 166 cm³/mol. The summed E-state index contributed by atoms with van der Waals surface area (Å²) in [6.45, 7) is 3.75. The van der Waals surface area contributed by atoms with Crippen molar-refractivity contribution in [3.05, 3.63) is 113 Å². The first-order valence-electron chi connectivity index (χ1n) is 13.7. The standard InChI is InChI=1S/C22H19F6.C12H7Si.2ClH.Zr/c1-3-4-5-14-8-15-7-6-13(2)20(19(15)9-14)16-10-17(21(23,24)25)12-18(11-16)22(26,27)28;1-3-7-11-9(5-1)10-6-2-4-8-12(10)13-11;;;/h6-12H,3-5H2,1-2H3;1-7H;2*1H;/q2*-1;;;+4/p-2. The Morgan fingerprint density at radius 2 is 1.48 bits per heavy atom. The molecule has 0 nitrogen and oxygen atoms in total. The van der Waals surface area contributed by atoms with Gasteiger partial charge in [0.2, 0.25) is 0 Å². The Morgan fingerprint density at radius 3 is 2.11 bits per heavy atom. The average Bonchev–Trinajstić information content (AvgIpc) is 3.57. The second-order valence-electron chi connectivity index (χ2n) is 10.2. The maximum Gasteiger partial charge on any atom is 0.0920 e. The zero-order chi connectivity index (χ0) is 32.1. The fourth-order valence-corrected chi connectivity index (χ4v) is 6.50. The zero-order valence-electron chi connectivity index (χ0n) is 23.7. The Morgan fingerprint density at radius 1 is 0.841 bits per heavy atom. The first-order valence-corrected chi connectivity index (χ1v) is 21.0. The summed E-state index contributed by atoms with van der Waals surface area (Å²) in [6, 6.07) is 27.3. The molecule has 1 heterocycles. The van der Waals surface area contributed by atoms with E-state index in [0.717, 1.165) is 51.9 Å². The molecular weight excluding hydrogens is 713 g/mol. The Bertz CT molecular complexity index is 1650. The van der Waals surface area contributed by atoms with Gasteiger partial charge in [-0.1, -0.05) is 65.9 Å². The molecule has 0 bridgehead atoms. The van der Waals surface area contributed by atoms with Crippen molar-refractivity contribution in [1.82, 2.24) is 0 Å². The van der Waals surface area contributed by atoms with Gasteiger partial charge < -0.3 is 0 Å². The van der Waals surface area contributed by atoms with E-state index < -0.39 is 44.3 Å². The van der Waals surface area contributed by atoms with E-state index in [-0.39, 0.29) is 11.6 Å². The van der Waals surface area contributed by atoms with Crippen molar-refractivity contribution in [3.8, 4) is 22.3 Å². The van der Waals surface area contributed by atoms with Crippen molar-refractivity contribution in [1.29, 1.82) is 0 Å². The summed E-state index contributed by atoms with van der Waals surface area (Å²) in [5.74, 6) is 0. The fourth-order valence-electron chi connectivity index (χ4n) is 5.19. The fraction of sp³-hybridized carbons (Fsp3) is 0.206. The van der Waals surface area contributed by atoms with Crippen LogP contribution in [0, 0.1) is 13.0 Å². The van der Waals surface area contributed by atoms with E-state index in [4.69, 9.17) is 17.0 Å². The second kappa shape index (κ2) is 14.9. The Hall–Kier alpha value is -2.25. The van der Waals surface area contributed by atoms with Gasteiger partial charge in [-0.15, -0.1) is 40.1 Å². The molecule has 5 aromatic carbocycles. The SMILES string of the molecule is CCCCc1cc2c(-c3cc(C(F)(F)F)cc(C(F)(F)F)c3)c(C)ccc2[cH-]1.[Cl][Zr+2][Cl].[c-]1cccc2c1[Si]c1ccccc1-2. The van der Waals surface area contributed by atoms with E-state index in [2.05, 4.69) is 49.4 Å². The minimum absolute atomic E-state index is 0.0714. The molecule has 0 spiro atoms. The Kier molecular flexibility index (Phi) is 11.7. The molecule has 1 aliphatic heterocycles. The summed E-state index contributed by atoms with van der Waals surface area (Å²) in [7, 11) is 10.7. The normalized spacial score (nSPS) is 12.0. The van der Waals surface area contributed by atoms with Gasteiger partial charge in [0.15, 0.2) is 0 Å². The third kappa shape index (κ3) is 8.31. The molecule has 1 aliphatic rings. The third-order valence-corrected chi connectivity index (χ3v) is 8.56. The molecule has 0 aromatic heterocycles. The smallest absolute Gasteiger partial charge is 0.0920 e. The van der Waals surface area contributed by atoms with Gasteiger partial charge in [0.1, 0.15) is 0 Å². The molecule has 0 aliphatic carbocycles. The number of halogens is 8. The van der Waals surface area contributed by atoms with Gasteiger partial charge in [0, 0.05) is 0 Å². The summed E-state index contributed by atoms with van der Waals surface area (Å²) < 4.78 is 79.5. The van der Waals surface area contributed by atoms with Gasteiger partial charge in [-0.3, -0.25) is 0 Å². The van der Waals surface area contributed by atoms with Crippen LogP contribution >= 0.6 is 17.0 Å². The largest absolute Gasteiger partial charge is 0.184 e. The van der Waals surface area contributed by atoms with Crippen LogP contribution in [0.3, 0.4) is 0 Å². The van der Waals surface area contributed by atoms with Crippen molar-refractivity contribution in [2.75, 3.05) is 0 Å². The molecule has 0 saturated heterocycles. The summed E-state index contributed by atoms with van der Waals surface area (Å²) in [5, 5.41) is 4.32. The molecule has 6 rings (SSSR count). The van der Waals surface area contributed by atoms with Crippen molar-refractivity contribution in [2.45, 2.75) is 45.5 Å². The molecule has 0 saturated carbocycles. The Balaban J connectivity index is 0.000000226. The van der Waals surface area contributed by atoms with Crippen LogP contribution in [0.25, 0.3) is 33.0 Å². The molecule has 0 amide bonds. The summed E-state index contributed by atoms with van der Waals surface area (Å²) in [5.41, 5.74) is 2.18. The van der Waals surface area contributed by atoms with E-state index in [9.17, 15) is 26.3 Å². The molecular formula is C34H26Cl2F6SiZr. The minimum atomic E-state index is -4.86. The topological polar surface area (TPSA) is 0 Å². The first-order chi connectivity index (χ1) is 20.9. The minimum Gasteiger partial charge on any atom is -0.184 e. The van der Waals surface area contributed by atoms with E-state index >= 15 is 0 Å². The number of rotatable bonds is 4. The van der Waals surface area contributed by atoms with Crippen LogP contribution in [0.5, 0.6) is 0 Å². The maximum absolute atomic E-state index is 13.2. The van der Waals surface area contributed by atoms with Crippen molar-refractivity contribution in [3.63, 3.8) is 0 Å². The number of benzene rings is 4. The van der Waals surface area contributed by atoms with Crippen molar-refractivity contribution < 1.29 is 47.2 Å². The van der Waals surface area contributed by atoms with E-state index in [1.165, 1.54) is 21.5 Å². The number of fused-ring (bicyclic) bond motifs is 4. The predicted octanol–water partition coefficient (Wildman–Crippen LogP) is 10.4. The zero-order valence-corrected chi connectivity index (χ0v) is 28.7. The van der Waals surface area contributed by atoms with Crippen LogP contribution in [-0.4, -0.2) is 9.52 Å². The van der Waals surface area contributed by atoms with Crippen molar-refractivity contribution in [2.24, 2.45) is 0 Å². The first kappa shape index (κ1) is 34.6. The van der Waals surface area contributed by atoms with E-state index in [1.54, 1.807) is 13.0 Å². The summed E-state index contributed by atoms with van der Waals surface area (Å²) >= 11 is -0.826. The molecule has 0 fully saturated rings. The number of hydrogen-bond donors (Lipinski definition) is 0. The molecule has 10 heteroatoms. The number of unbranched alkanes of at least 4 members (excludes halogenated alkanes) is 1.